The number of benzene rings is 1. The molecule has 0 aliphatic carbocycles. The predicted octanol–water partition coefficient (Wildman–Crippen LogP) is 2.71. The van der Waals surface area contributed by atoms with Gasteiger partial charge in [-0.25, -0.2) is 0 Å². The number of aliphatic hydroxyl groups excluding tert-OH is 1. The van der Waals surface area contributed by atoms with Crippen molar-refractivity contribution in [1.29, 1.82) is 0 Å². The Labute approximate surface area is 114 Å². The van der Waals surface area contributed by atoms with Gasteiger partial charge < -0.3 is 9.52 Å². The summed E-state index contributed by atoms with van der Waals surface area (Å²) in [6.45, 7) is 2.08. The quantitative estimate of drug-likeness (QED) is 0.922. The van der Waals surface area contributed by atoms with Crippen LogP contribution in [0.2, 0.25) is 0 Å². The van der Waals surface area contributed by atoms with Crippen molar-refractivity contribution in [3.8, 4) is 0 Å². The van der Waals surface area contributed by atoms with Gasteiger partial charge in [0.25, 0.3) is 0 Å². The highest BCUT2D eigenvalue weighted by atomic mass is 79.9. The minimum absolute atomic E-state index is 0.0305. The molecule has 2 aromatic rings. The number of nitrogens with zero attached hydrogens (tertiary/aromatic N) is 2. The number of aromatic nitrogens is 2. The van der Waals surface area contributed by atoms with E-state index >= 15 is 0 Å². The second-order valence-electron chi connectivity index (χ2n) is 4.24. The molecule has 0 unspecified atom stereocenters. The monoisotopic (exact) mass is 310 g/mol. The molecule has 0 aliphatic heterocycles. The lowest BCUT2D eigenvalue weighted by Gasteiger charge is -2.06. The van der Waals surface area contributed by atoms with Crippen LogP contribution in [0.25, 0.3) is 0 Å². The molecule has 0 spiro atoms. The smallest absolute Gasteiger partial charge is 0.219 e. The van der Waals surface area contributed by atoms with Crippen LogP contribution in [0.15, 0.2) is 33.2 Å². The van der Waals surface area contributed by atoms with Gasteiger partial charge in [0.15, 0.2) is 0 Å². The Morgan fingerprint density at radius 1 is 1.28 bits per heavy atom. The first-order valence-corrected chi connectivity index (χ1v) is 6.66. The maximum atomic E-state index is 8.80. The maximum Gasteiger partial charge on any atom is 0.219 e. The Morgan fingerprint density at radius 3 is 2.67 bits per heavy atom. The first kappa shape index (κ1) is 13.2. The van der Waals surface area contributed by atoms with Crippen molar-refractivity contribution in [3.05, 3.63) is 46.1 Å². The highest BCUT2D eigenvalue weighted by Gasteiger charge is 2.14. The van der Waals surface area contributed by atoms with Gasteiger partial charge in [-0.15, -0.1) is 10.2 Å². The second kappa shape index (κ2) is 6.11. The van der Waals surface area contributed by atoms with Crippen molar-refractivity contribution in [3.63, 3.8) is 0 Å². The fourth-order valence-corrected chi connectivity index (χ4v) is 1.99. The molecule has 0 saturated carbocycles. The standard InChI is InChI=1S/C13H15BrN2O2/c1-9(8-10-2-4-11(14)5-3-10)13-16-15-12(18-13)6-7-17/h2-5,9,17H,6-8H2,1H3/t9-/m0/s1. The highest BCUT2D eigenvalue weighted by Crippen LogP contribution is 2.20. The fraction of sp³-hybridized carbons (Fsp3) is 0.385. The van der Waals surface area contributed by atoms with E-state index in [1.165, 1.54) is 5.56 Å². The third kappa shape index (κ3) is 3.40. The third-order valence-corrected chi connectivity index (χ3v) is 3.21. The number of hydrogen-bond acceptors (Lipinski definition) is 4. The van der Waals surface area contributed by atoms with E-state index in [1.54, 1.807) is 0 Å². The molecule has 1 atom stereocenters. The van der Waals surface area contributed by atoms with Crippen molar-refractivity contribution in [2.45, 2.75) is 25.7 Å². The van der Waals surface area contributed by atoms with Crippen molar-refractivity contribution >= 4 is 15.9 Å². The lowest BCUT2D eigenvalue weighted by atomic mass is 10.0. The molecule has 2 rings (SSSR count). The van der Waals surface area contributed by atoms with Crippen LogP contribution < -0.4 is 0 Å². The molecular weight excluding hydrogens is 296 g/mol. The molecule has 0 saturated heterocycles. The largest absolute Gasteiger partial charge is 0.425 e. The molecule has 1 aromatic heterocycles. The average molecular weight is 311 g/mol. The van der Waals surface area contributed by atoms with Gasteiger partial charge in [-0.3, -0.25) is 0 Å². The summed E-state index contributed by atoms with van der Waals surface area (Å²) in [4.78, 5) is 0. The normalized spacial score (nSPS) is 12.6. The van der Waals surface area contributed by atoms with E-state index in [2.05, 4.69) is 45.2 Å². The van der Waals surface area contributed by atoms with Gasteiger partial charge in [0.05, 0.1) is 6.61 Å². The van der Waals surface area contributed by atoms with Gasteiger partial charge >= 0.3 is 0 Å². The fourth-order valence-electron chi connectivity index (χ4n) is 1.72. The summed E-state index contributed by atoms with van der Waals surface area (Å²) in [7, 11) is 0. The molecule has 0 fully saturated rings. The highest BCUT2D eigenvalue weighted by molar-refractivity contribution is 9.10. The van der Waals surface area contributed by atoms with Crippen molar-refractivity contribution in [2.75, 3.05) is 6.61 Å². The molecule has 1 aromatic carbocycles. The molecule has 96 valence electrons. The van der Waals surface area contributed by atoms with Crippen molar-refractivity contribution < 1.29 is 9.52 Å². The van der Waals surface area contributed by atoms with E-state index in [9.17, 15) is 0 Å². The molecule has 0 aliphatic rings. The average Bonchev–Trinajstić information content (AvgIpc) is 2.81. The first-order valence-electron chi connectivity index (χ1n) is 5.86. The molecule has 5 heteroatoms. The van der Waals surface area contributed by atoms with Gasteiger partial charge in [-0.2, -0.15) is 0 Å². The Bertz CT molecular complexity index is 496. The summed E-state index contributed by atoms with van der Waals surface area (Å²) < 4.78 is 6.56. The summed E-state index contributed by atoms with van der Waals surface area (Å²) in [6, 6.07) is 8.19. The van der Waals surface area contributed by atoms with Crippen LogP contribution in [0.3, 0.4) is 0 Å². The molecule has 1 heterocycles. The minimum atomic E-state index is 0.0305. The van der Waals surface area contributed by atoms with Crippen LogP contribution in [0, 0.1) is 0 Å². The number of aliphatic hydroxyl groups is 1. The Kier molecular flexibility index (Phi) is 4.49. The summed E-state index contributed by atoms with van der Waals surface area (Å²) >= 11 is 3.41. The van der Waals surface area contributed by atoms with E-state index in [0.717, 1.165) is 10.9 Å². The molecule has 0 bridgehead atoms. The van der Waals surface area contributed by atoms with Gasteiger partial charge in [0, 0.05) is 16.8 Å². The third-order valence-electron chi connectivity index (χ3n) is 2.68. The van der Waals surface area contributed by atoms with E-state index < -0.39 is 0 Å². The molecule has 4 nitrogen and oxygen atoms in total. The zero-order valence-electron chi connectivity index (χ0n) is 10.1. The maximum absolute atomic E-state index is 8.80. The summed E-state index contributed by atoms with van der Waals surface area (Å²) in [6.07, 6.45) is 1.27. The van der Waals surface area contributed by atoms with E-state index in [0.29, 0.717) is 18.2 Å². The van der Waals surface area contributed by atoms with Gasteiger partial charge in [0.1, 0.15) is 0 Å². The lowest BCUT2D eigenvalue weighted by molar-refractivity contribution is 0.282. The summed E-state index contributed by atoms with van der Waals surface area (Å²) in [5, 5.41) is 16.7. The van der Waals surface area contributed by atoms with E-state index in [4.69, 9.17) is 9.52 Å². The zero-order valence-corrected chi connectivity index (χ0v) is 11.7. The number of hydrogen-bond donors (Lipinski definition) is 1. The van der Waals surface area contributed by atoms with Crippen LogP contribution in [0.1, 0.15) is 30.2 Å². The van der Waals surface area contributed by atoms with Crippen molar-refractivity contribution in [2.24, 2.45) is 0 Å². The zero-order chi connectivity index (χ0) is 13.0. The van der Waals surface area contributed by atoms with Crippen LogP contribution in [-0.2, 0) is 12.8 Å². The Morgan fingerprint density at radius 2 is 2.00 bits per heavy atom. The van der Waals surface area contributed by atoms with Gasteiger partial charge in [-0.05, 0) is 24.1 Å². The first-order chi connectivity index (χ1) is 8.69. The SMILES string of the molecule is C[C@@H](Cc1ccc(Br)cc1)c1nnc(CCO)o1. The Balaban J connectivity index is 2.02. The second-order valence-corrected chi connectivity index (χ2v) is 5.15. The topological polar surface area (TPSA) is 59.2 Å². The van der Waals surface area contributed by atoms with Crippen LogP contribution >= 0.6 is 15.9 Å². The number of halogens is 1. The molecular formula is C13H15BrN2O2. The Hall–Kier alpha value is -1.20. The van der Waals surface area contributed by atoms with Crippen LogP contribution in [0.4, 0.5) is 0 Å². The molecule has 0 amide bonds. The van der Waals surface area contributed by atoms with Crippen LogP contribution in [0.5, 0.6) is 0 Å². The number of rotatable bonds is 5. The molecule has 0 radical (unpaired) electrons. The summed E-state index contributed by atoms with van der Waals surface area (Å²) in [5.41, 5.74) is 1.23. The predicted molar refractivity (Wildman–Crippen MR) is 71.3 cm³/mol. The van der Waals surface area contributed by atoms with Gasteiger partial charge in [-0.1, -0.05) is 35.0 Å². The van der Waals surface area contributed by atoms with Crippen molar-refractivity contribution in [1.82, 2.24) is 10.2 Å². The van der Waals surface area contributed by atoms with Gasteiger partial charge in [0.2, 0.25) is 11.8 Å². The summed E-state index contributed by atoms with van der Waals surface area (Å²) in [5.74, 6) is 1.29. The molecule has 18 heavy (non-hydrogen) atoms. The van der Waals surface area contributed by atoms with E-state index in [-0.39, 0.29) is 12.5 Å². The lowest BCUT2D eigenvalue weighted by Crippen LogP contribution is -1.98. The van der Waals surface area contributed by atoms with E-state index in [1.807, 2.05) is 12.1 Å². The molecule has 1 N–H and O–H groups in total. The minimum Gasteiger partial charge on any atom is -0.425 e. The van der Waals surface area contributed by atoms with Crippen LogP contribution in [-0.4, -0.2) is 21.9 Å².